The fourth-order valence-electron chi connectivity index (χ4n) is 1.76. The minimum absolute atomic E-state index is 0.197. The summed E-state index contributed by atoms with van der Waals surface area (Å²) in [6.45, 7) is 4.71. The molecule has 0 saturated heterocycles. The Labute approximate surface area is 90.5 Å². The van der Waals surface area contributed by atoms with Gasteiger partial charge in [0.2, 0.25) is 0 Å². The Morgan fingerprint density at radius 2 is 2.40 bits per heavy atom. The van der Waals surface area contributed by atoms with E-state index in [2.05, 4.69) is 16.8 Å². The Hall–Kier alpha value is -1.09. The van der Waals surface area contributed by atoms with Gasteiger partial charge in [-0.25, -0.2) is 0 Å². The molecule has 1 aromatic rings. The number of nitrogens with zero attached hydrogens (tertiary/aromatic N) is 1. The van der Waals surface area contributed by atoms with E-state index >= 15 is 0 Å². The molecule has 0 aromatic carbocycles. The van der Waals surface area contributed by atoms with Crippen molar-refractivity contribution in [2.24, 2.45) is 5.92 Å². The van der Waals surface area contributed by atoms with E-state index in [1.54, 1.807) is 6.20 Å². The Kier molecular flexibility index (Phi) is 3.21. The quantitative estimate of drug-likeness (QED) is 0.722. The zero-order valence-corrected chi connectivity index (χ0v) is 9.20. The third-order valence-electron chi connectivity index (χ3n) is 2.93. The van der Waals surface area contributed by atoms with Crippen molar-refractivity contribution in [3.8, 4) is 0 Å². The lowest BCUT2D eigenvalue weighted by Gasteiger charge is -2.18. The first-order valence-electron chi connectivity index (χ1n) is 5.68. The van der Waals surface area contributed by atoms with Crippen molar-refractivity contribution in [2.45, 2.75) is 19.8 Å². The number of carbonyl (C=O) groups excluding carboxylic acids is 1. The van der Waals surface area contributed by atoms with Crippen molar-refractivity contribution in [1.82, 2.24) is 9.88 Å². The standard InChI is InChI=1S/C12H18N2O/c1-2-14(8-10-5-6-10)9-12(15)11-4-3-7-13-11/h3-4,7,10,13H,2,5-6,8-9H2,1H3. The van der Waals surface area contributed by atoms with E-state index in [4.69, 9.17) is 0 Å². The van der Waals surface area contributed by atoms with Crippen LogP contribution in [0.2, 0.25) is 0 Å². The molecule has 1 fully saturated rings. The molecule has 82 valence electrons. The zero-order chi connectivity index (χ0) is 10.7. The molecular weight excluding hydrogens is 188 g/mol. The van der Waals surface area contributed by atoms with Crippen molar-refractivity contribution in [1.29, 1.82) is 0 Å². The molecule has 1 aromatic heterocycles. The van der Waals surface area contributed by atoms with E-state index in [1.807, 2.05) is 12.1 Å². The molecule has 3 heteroatoms. The number of likely N-dealkylation sites (N-methyl/N-ethyl adjacent to an activating group) is 1. The maximum absolute atomic E-state index is 11.8. The molecule has 0 radical (unpaired) electrons. The van der Waals surface area contributed by atoms with Gasteiger partial charge < -0.3 is 4.98 Å². The summed E-state index contributed by atoms with van der Waals surface area (Å²) in [6, 6.07) is 3.71. The smallest absolute Gasteiger partial charge is 0.192 e. The molecule has 1 aliphatic rings. The van der Waals surface area contributed by atoms with E-state index < -0.39 is 0 Å². The van der Waals surface area contributed by atoms with Crippen LogP contribution >= 0.6 is 0 Å². The summed E-state index contributed by atoms with van der Waals surface area (Å²) >= 11 is 0. The number of carbonyl (C=O) groups is 1. The average molecular weight is 206 g/mol. The van der Waals surface area contributed by atoms with Gasteiger partial charge >= 0.3 is 0 Å². The van der Waals surface area contributed by atoms with E-state index in [0.717, 1.165) is 24.7 Å². The van der Waals surface area contributed by atoms with Gasteiger partial charge in [0.05, 0.1) is 12.2 Å². The second kappa shape index (κ2) is 4.62. The molecule has 15 heavy (non-hydrogen) atoms. The number of H-pyrrole nitrogens is 1. The molecular formula is C12H18N2O. The highest BCUT2D eigenvalue weighted by atomic mass is 16.1. The van der Waals surface area contributed by atoms with Crippen LogP contribution in [0, 0.1) is 5.92 Å². The Bertz CT molecular complexity index is 314. The molecule has 0 bridgehead atoms. The minimum Gasteiger partial charge on any atom is -0.359 e. The number of rotatable bonds is 6. The molecule has 1 saturated carbocycles. The van der Waals surface area contributed by atoms with Crippen LogP contribution in [-0.2, 0) is 0 Å². The minimum atomic E-state index is 0.197. The Morgan fingerprint density at radius 3 is 2.93 bits per heavy atom. The van der Waals surface area contributed by atoms with Crippen LogP contribution in [0.15, 0.2) is 18.3 Å². The van der Waals surface area contributed by atoms with E-state index in [1.165, 1.54) is 12.8 Å². The lowest BCUT2D eigenvalue weighted by Crippen LogP contribution is -2.31. The Balaban J connectivity index is 1.85. The van der Waals surface area contributed by atoms with E-state index in [9.17, 15) is 4.79 Å². The van der Waals surface area contributed by atoms with Crippen LogP contribution in [-0.4, -0.2) is 35.3 Å². The monoisotopic (exact) mass is 206 g/mol. The van der Waals surface area contributed by atoms with Crippen LogP contribution in [0.5, 0.6) is 0 Å². The summed E-state index contributed by atoms with van der Waals surface area (Å²) in [5.74, 6) is 1.05. The summed E-state index contributed by atoms with van der Waals surface area (Å²) in [4.78, 5) is 17.0. The average Bonchev–Trinajstić information content (AvgIpc) is 2.88. The van der Waals surface area contributed by atoms with Crippen molar-refractivity contribution in [3.05, 3.63) is 24.0 Å². The molecule has 0 spiro atoms. The SMILES string of the molecule is CCN(CC(=O)c1ccc[nH]1)CC1CC1. The van der Waals surface area contributed by atoms with Gasteiger partial charge in [0.25, 0.3) is 0 Å². The molecule has 1 N–H and O–H groups in total. The van der Waals surface area contributed by atoms with Crippen molar-refractivity contribution in [2.75, 3.05) is 19.6 Å². The lowest BCUT2D eigenvalue weighted by atomic mass is 10.2. The van der Waals surface area contributed by atoms with Gasteiger partial charge in [-0.1, -0.05) is 6.92 Å². The van der Waals surface area contributed by atoms with Crippen molar-refractivity contribution in [3.63, 3.8) is 0 Å². The second-order valence-corrected chi connectivity index (χ2v) is 4.28. The molecule has 0 amide bonds. The topological polar surface area (TPSA) is 36.1 Å². The molecule has 3 nitrogen and oxygen atoms in total. The lowest BCUT2D eigenvalue weighted by molar-refractivity contribution is 0.0926. The van der Waals surface area contributed by atoms with Crippen LogP contribution in [0.1, 0.15) is 30.3 Å². The van der Waals surface area contributed by atoms with Crippen molar-refractivity contribution < 1.29 is 4.79 Å². The maximum Gasteiger partial charge on any atom is 0.192 e. The van der Waals surface area contributed by atoms with Crippen molar-refractivity contribution >= 4 is 5.78 Å². The van der Waals surface area contributed by atoms with Gasteiger partial charge in [-0.3, -0.25) is 9.69 Å². The van der Waals surface area contributed by atoms with Gasteiger partial charge in [-0.2, -0.15) is 0 Å². The van der Waals surface area contributed by atoms with Gasteiger partial charge in [0.1, 0.15) is 0 Å². The highest BCUT2D eigenvalue weighted by Gasteiger charge is 2.24. The molecule has 2 rings (SSSR count). The first kappa shape index (κ1) is 10.4. The summed E-state index contributed by atoms with van der Waals surface area (Å²) in [5, 5.41) is 0. The normalized spacial score (nSPS) is 15.9. The van der Waals surface area contributed by atoms with Crippen LogP contribution in [0.4, 0.5) is 0 Å². The first-order chi connectivity index (χ1) is 7.29. The number of ketones is 1. The number of nitrogens with one attached hydrogen (secondary N) is 1. The summed E-state index contributed by atoms with van der Waals surface area (Å²) in [5.41, 5.74) is 0.726. The molecule has 0 aliphatic heterocycles. The highest BCUT2D eigenvalue weighted by molar-refractivity contribution is 5.95. The number of hydrogen-bond donors (Lipinski definition) is 1. The van der Waals surface area contributed by atoms with Gasteiger partial charge in [0.15, 0.2) is 5.78 Å². The zero-order valence-electron chi connectivity index (χ0n) is 9.20. The fraction of sp³-hybridized carbons (Fsp3) is 0.583. The van der Waals surface area contributed by atoms with Gasteiger partial charge in [0, 0.05) is 12.7 Å². The first-order valence-corrected chi connectivity index (χ1v) is 5.68. The Morgan fingerprint density at radius 1 is 1.60 bits per heavy atom. The summed E-state index contributed by atoms with van der Waals surface area (Å²) in [7, 11) is 0. The number of Topliss-reactive ketones (excluding diaryl/α,β-unsaturated/α-hetero) is 1. The predicted molar refractivity (Wildman–Crippen MR) is 60.0 cm³/mol. The van der Waals surface area contributed by atoms with Crippen LogP contribution in [0.25, 0.3) is 0 Å². The predicted octanol–water partition coefficient (Wildman–Crippen LogP) is 1.93. The molecule has 0 unspecified atom stereocenters. The number of aromatic amines is 1. The summed E-state index contributed by atoms with van der Waals surface area (Å²) in [6.07, 6.45) is 4.48. The third-order valence-corrected chi connectivity index (χ3v) is 2.93. The molecule has 1 heterocycles. The number of hydrogen-bond acceptors (Lipinski definition) is 2. The van der Waals surface area contributed by atoms with E-state index in [-0.39, 0.29) is 5.78 Å². The largest absolute Gasteiger partial charge is 0.359 e. The van der Waals surface area contributed by atoms with Gasteiger partial charge in [-0.05, 0) is 37.4 Å². The van der Waals surface area contributed by atoms with E-state index in [0.29, 0.717) is 6.54 Å². The molecule has 1 aliphatic carbocycles. The van der Waals surface area contributed by atoms with Crippen LogP contribution in [0.3, 0.4) is 0 Å². The van der Waals surface area contributed by atoms with Gasteiger partial charge in [-0.15, -0.1) is 0 Å². The molecule has 0 atom stereocenters. The maximum atomic E-state index is 11.8. The second-order valence-electron chi connectivity index (χ2n) is 4.28. The fourth-order valence-corrected chi connectivity index (χ4v) is 1.76. The highest BCUT2D eigenvalue weighted by Crippen LogP contribution is 2.29. The third kappa shape index (κ3) is 2.93. The van der Waals surface area contributed by atoms with Crippen LogP contribution < -0.4 is 0 Å². The summed E-state index contributed by atoms with van der Waals surface area (Å²) < 4.78 is 0. The number of aromatic nitrogens is 1.